The third-order valence-electron chi connectivity index (χ3n) is 2.55. The molecule has 1 heterocycles. The van der Waals surface area contributed by atoms with Crippen LogP contribution >= 0.6 is 0 Å². The average molecular weight is 237 g/mol. The van der Waals surface area contributed by atoms with E-state index in [1.165, 1.54) is 12.1 Å². The van der Waals surface area contributed by atoms with Crippen LogP contribution in [0.5, 0.6) is 0 Å². The van der Waals surface area contributed by atoms with E-state index in [1.54, 1.807) is 12.5 Å². The smallest absolute Gasteiger partial charge is 0.130 e. The summed E-state index contributed by atoms with van der Waals surface area (Å²) >= 11 is 0. The lowest BCUT2D eigenvalue weighted by Crippen LogP contribution is -2.15. The number of benzene rings is 1. The van der Waals surface area contributed by atoms with Gasteiger partial charge in [-0.1, -0.05) is 6.07 Å². The Morgan fingerprint density at radius 3 is 2.76 bits per heavy atom. The fourth-order valence-corrected chi connectivity index (χ4v) is 1.55. The van der Waals surface area contributed by atoms with Gasteiger partial charge in [-0.3, -0.25) is 0 Å². The highest BCUT2D eigenvalue weighted by Gasteiger charge is 2.04. The van der Waals surface area contributed by atoms with Crippen LogP contribution in [0.25, 0.3) is 0 Å². The van der Waals surface area contributed by atoms with Gasteiger partial charge in [-0.15, -0.1) is 0 Å². The summed E-state index contributed by atoms with van der Waals surface area (Å²) in [5, 5.41) is 3.08. The molecule has 0 aliphatic rings. The van der Waals surface area contributed by atoms with Crippen LogP contribution in [0.4, 0.5) is 8.78 Å². The molecule has 0 atom stereocenters. The number of rotatable bonds is 4. The Morgan fingerprint density at radius 1 is 1.29 bits per heavy atom. The second-order valence-corrected chi connectivity index (χ2v) is 3.84. The van der Waals surface area contributed by atoms with E-state index in [2.05, 4.69) is 10.3 Å². The summed E-state index contributed by atoms with van der Waals surface area (Å²) in [6, 6.07) is 3.59. The molecule has 2 rings (SSSR count). The van der Waals surface area contributed by atoms with Crippen molar-refractivity contribution in [3.63, 3.8) is 0 Å². The predicted octanol–water partition coefficient (Wildman–Crippen LogP) is 1.99. The van der Waals surface area contributed by atoms with Crippen LogP contribution in [0.15, 0.2) is 30.7 Å². The molecular weight excluding hydrogens is 224 g/mol. The van der Waals surface area contributed by atoms with Crippen molar-refractivity contribution < 1.29 is 8.78 Å². The van der Waals surface area contributed by atoms with E-state index in [0.29, 0.717) is 18.7 Å². The molecule has 1 aromatic heterocycles. The van der Waals surface area contributed by atoms with E-state index in [-0.39, 0.29) is 0 Å². The average Bonchev–Trinajstić information content (AvgIpc) is 2.68. The van der Waals surface area contributed by atoms with Crippen molar-refractivity contribution >= 4 is 0 Å². The van der Waals surface area contributed by atoms with Gasteiger partial charge in [-0.25, -0.2) is 13.8 Å². The fourth-order valence-electron chi connectivity index (χ4n) is 1.55. The van der Waals surface area contributed by atoms with Crippen molar-refractivity contribution in [2.24, 2.45) is 7.05 Å². The third-order valence-corrected chi connectivity index (χ3v) is 2.55. The normalized spacial score (nSPS) is 10.8. The van der Waals surface area contributed by atoms with Crippen molar-refractivity contribution in [1.29, 1.82) is 0 Å². The van der Waals surface area contributed by atoms with E-state index in [4.69, 9.17) is 0 Å². The maximum absolute atomic E-state index is 13.3. The number of nitrogens with zero attached hydrogens (tertiary/aromatic N) is 2. The number of hydrogen-bond acceptors (Lipinski definition) is 2. The predicted molar refractivity (Wildman–Crippen MR) is 60.1 cm³/mol. The highest BCUT2D eigenvalue weighted by Crippen LogP contribution is 2.09. The first-order chi connectivity index (χ1) is 8.16. The van der Waals surface area contributed by atoms with Gasteiger partial charge in [-0.2, -0.15) is 0 Å². The molecule has 17 heavy (non-hydrogen) atoms. The second kappa shape index (κ2) is 5.05. The molecular formula is C12H13F2N3. The first-order valence-electron chi connectivity index (χ1n) is 5.26. The molecule has 3 nitrogen and oxygen atoms in total. The third kappa shape index (κ3) is 2.88. The Morgan fingerprint density at radius 2 is 2.12 bits per heavy atom. The zero-order valence-electron chi connectivity index (χ0n) is 9.45. The van der Waals surface area contributed by atoms with Crippen LogP contribution in [-0.4, -0.2) is 9.55 Å². The van der Waals surface area contributed by atoms with E-state index >= 15 is 0 Å². The monoisotopic (exact) mass is 237 g/mol. The largest absolute Gasteiger partial charge is 0.337 e. The Kier molecular flexibility index (Phi) is 3.49. The van der Waals surface area contributed by atoms with Crippen LogP contribution < -0.4 is 5.32 Å². The molecule has 1 N–H and O–H groups in total. The lowest BCUT2D eigenvalue weighted by Gasteiger charge is -2.06. The maximum atomic E-state index is 13.3. The molecule has 1 aromatic carbocycles. The van der Waals surface area contributed by atoms with Gasteiger partial charge in [0, 0.05) is 38.0 Å². The minimum absolute atomic E-state index is 0.358. The molecule has 0 amide bonds. The summed E-state index contributed by atoms with van der Waals surface area (Å²) in [5.74, 6) is -1.08. The molecule has 0 aliphatic heterocycles. The molecule has 0 aliphatic carbocycles. The van der Waals surface area contributed by atoms with Gasteiger partial charge in [0.15, 0.2) is 0 Å². The van der Waals surface area contributed by atoms with Gasteiger partial charge >= 0.3 is 0 Å². The quantitative estimate of drug-likeness (QED) is 0.881. The van der Waals surface area contributed by atoms with Crippen molar-refractivity contribution in [2.75, 3.05) is 0 Å². The van der Waals surface area contributed by atoms with E-state index in [0.717, 1.165) is 11.8 Å². The van der Waals surface area contributed by atoms with Crippen LogP contribution in [0, 0.1) is 11.6 Å². The van der Waals surface area contributed by atoms with Crippen molar-refractivity contribution in [3.05, 3.63) is 53.6 Å². The highest BCUT2D eigenvalue weighted by molar-refractivity contribution is 5.18. The molecule has 0 saturated carbocycles. The summed E-state index contributed by atoms with van der Waals surface area (Å²) in [6.45, 7) is 0.949. The van der Waals surface area contributed by atoms with Gasteiger partial charge in [0.05, 0.1) is 12.0 Å². The molecule has 0 unspecified atom stereocenters. The van der Waals surface area contributed by atoms with Crippen molar-refractivity contribution in [1.82, 2.24) is 14.9 Å². The summed E-state index contributed by atoms with van der Waals surface area (Å²) in [4.78, 5) is 3.98. The molecule has 2 aromatic rings. The molecule has 0 fully saturated rings. The van der Waals surface area contributed by atoms with E-state index < -0.39 is 11.6 Å². The number of hydrogen-bond donors (Lipinski definition) is 1. The van der Waals surface area contributed by atoms with Crippen molar-refractivity contribution in [3.8, 4) is 0 Å². The van der Waals surface area contributed by atoms with Gasteiger partial charge in [-0.05, 0) is 6.07 Å². The summed E-state index contributed by atoms with van der Waals surface area (Å²) in [7, 11) is 1.89. The molecule has 0 saturated heterocycles. The fraction of sp³-hybridized carbons (Fsp3) is 0.250. The SMILES string of the molecule is Cn1cncc1CNCc1ccc(F)cc1F. The van der Waals surface area contributed by atoms with Gasteiger partial charge in [0.1, 0.15) is 11.6 Å². The number of aryl methyl sites for hydroxylation is 1. The molecule has 0 spiro atoms. The zero-order valence-corrected chi connectivity index (χ0v) is 9.45. The molecule has 0 bridgehead atoms. The Labute approximate surface area is 98.1 Å². The Bertz CT molecular complexity index is 508. The number of imidazole rings is 1. The van der Waals surface area contributed by atoms with Crippen LogP contribution in [0.2, 0.25) is 0 Å². The van der Waals surface area contributed by atoms with Gasteiger partial charge in [0.2, 0.25) is 0 Å². The lowest BCUT2D eigenvalue weighted by molar-refractivity contribution is 0.557. The van der Waals surface area contributed by atoms with Crippen LogP contribution in [0.1, 0.15) is 11.3 Å². The second-order valence-electron chi connectivity index (χ2n) is 3.84. The highest BCUT2D eigenvalue weighted by atomic mass is 19.1. The number of halogens is 2. The molecule has 5 heteroatoms. The summed E-state index contributed by atoms with van der Waals surface area (Å²) in [6.07, 6.45) is 3.45. The maximum Gasteiger partial charge on any atom is 0.130 e. The van der Waals surface area contributed by atoms with Crippen LogP contribution in [0.3, 0.4) is 0 Å². The van der Waals surface area contributed by atoms with E-state index in [1.807, 2.05) is 11.6 Å². The minimum Gasteiger partial charge on any atom is -0.337 e. The lowest BCUT2D eigenvalue weighted by atomic mass is 10.2. The zero-order chi connectivity index (χ0) is 12.3. The van der Waals surface area contributed by atoms with Crippen molar-refractivity contribution in [2.45, 2.75) is 13.1 Å². The van der Waals surface area contributed by atoms with Gasteiger partial charge in [0.25, 0.3) is 0 Å². The molecule has 0 radical (unpaired) electrons. The van der Waals surface area contributed by atoms with Crippen LogP contribution in [-0.2, 0) is 20.1 Å². The minimum atomic E-state index is -0.558. The summed E-state index contributed by atoms with van der Waals surface area (Å²) in [5.41, 5.74) is 1.46. The summed E-state index contributed by atoms with van der Waals surface area (Å²) < 4.78 is 27.9. The number of nitrogens with one attached hydrogen (secondary N) is 1. The Balaban J connectivity index is 1.92. The molecule has 90 valence electrons. The number of aromatic nitrogens is 2. The Hall–Kier alpha value is -1.75. The first kappa shape index (κ1) is 11.7. The van der Waals surface area contributed by atoms with E-state index in [9.17, 15) is 8.78 Å². The van der Waals surface area contributed by atoms with Gasteiger partial charge < -0.3 is 9.88 Å². The standard InChI is InChI=1S/C12H13F2N3/c1-17-8-16-7-11(17)6-15-5-9-2-3-10(13)4-12(9)14/h2-4,7-8,15H,5-6H2,1H3. The topological polar surface area (TPSA) is 29.9 Å². The first-order valence-corrected chi connectivity index (χ1v) is 5.26.